The number of fused-ring (bicyclic) bond motifs is 2. The van der Waals surface area contributed by atoms with Gasteiger partial charge in [-0.15, -0.1) is 0 Å². The summed E-state index contributed by atoms with van der Waals surface area (Å²) in [6, 6.07) is 16.6. The van der Waals surface area contributed by atoms with E-state index in [1.54, 1.807) is 17.3 Å². The summed E-state index contributed by atoms with van der Waals surface area (Å²) in [7, 11) is 0. The molecule has 1 atom stereocenters. The lowest BCUT2D eigenvalue weighted by Gasteiger charge is -2.25. The van der Waals surface area contributed by atoms with Crippen LogP contribution >= 0.6 is 0 Å². The Hall–Kier alpha value is -3.73. The molecule has 1 amide bonds. The van der Waals surface area contributed by atoms with Crippen molar-refractivity contribution in [1.29, 1.82) is 0 Å². The molecule has 2 aromatic heterocycles. The van der Waals surface area contributed by atoms with Gasteiger partial charge in [0.25, 0.3) is 5.91 Å². The normalized spacial score (nSPS) is 15.6. The zero-order chi connectivity index (χ0) is 20.8. The molecule has 148 valence electrons. The van der Waals surface area contributed by atoms with E-state index in [4.69, 9.17) is 4.42 Å². The second kappa shape index (κ2) is 6.95. The van der Waals surface area contributed by atoms with E-state index in [-0.39, 0.29) is 17.1 Å². The first kappa shape index (κ1) is 18.3. The Balaban J connectivity index is 1.75. The molecule has 5 nitrogen and oxygen atoms in total. The first-order valence-electron chi connectivity index (χ1n) is 9.87. The molecule has 5 heteroatoms. The van der Waals surface area contributed by atoms with Gasteiger partial charge in [0.15, 0.2) is 5.43 Å². The van der Waals surface area contributed by atoms with Gasteiger partial charge >= 0.3 is 0 Å². The van der Waals surface area contributed by atoms with Gasteiger partial charge in [-0.25, -0.2) is 0 Å². The lowest BCUT2D eigenvalue weighted by atomic mass is 9.98. The van der Waals surface area contributed by atoms with Crippen molar-refractivity contribution in [2.24, 2.45) is 0 Å². The first-order valence-corrected chi connectivity index (χ1v) is 9.87. The molecule has 0 saturated heterocycles. The molecule has 0 saturated carbocycles. The van der Waals surface area contributed by atoms with Gasteiger partial charge in [-0.1, -0.05) is 36.4 Å². The van der Waals surface area contributed by atoms with Gasteiger partial charge in [-0.05, 0) is 54.3 Å². The van der Waals surface area contributed by atoms with Crippen LogP contribution < -0.4 is 5.43 Å². The highest BCUT2D eigenvalue weighted by Gasteiger charge is 2.42. The van der Waals surface area contributed by atoms with E-state index in [1.807, 2.05) is 68.4 Å². The highest BCUT2D eigenvalue weighted by atomic mass is 16.3. The Bertz CT molecular complexity index is 1330. The van der Waals surface area contributed by atoms with Crippen LogP contribution in [0.25, 0.3) is 11.0 Å². The standard InChI is InChI=1S/C25H20N2O3/c1-15-11-19-20(12-16(15)2)30-24-21(23(19)28)22(18-9-6-10-26-13-18)27(25(24)29)14-17-7-4-3-5-8-17/h3-13,22H,14H2,1-2H3. The molecule has 3 heterocycles. The molecule has 5 rings (SSSR count). The first-order chi connectivity index (χ1) is 14.5. The molecule has 30 heavy (non-hydrogen) atoms. The van der Waals surface area contributed by atoms with Gasteiger partial charge in [0.05, 0.1) is 17.0 Å². The number of aryl methyl sites for hydroxylation is 2. The Morgan fingerprint density at radius 1 is 1.00 bits per heavy atom. The number of benzene rings is 2. The van der Waals surface area contributed by atoms with Crippen LogP contribution in [0.4, 0.5) is 0 Å². The number of pyridine rings is 1. The minimum absolute atomic E-state index is 0.125. The fourth-order valence-electron chi connectivity index (χ4n) is 4.10. The van der Waals surface area contributed by atoms with Gasteiger partial charge < -0.3 is 9.32 Å². The largest absolute Gasteiger partial charge is 0.450 e. The van der Waals surface area contributed by atoms with Crippen LogP contribution in [-0.2, 0) is 6.54 Å². The van der Waals surface area contributed by atoms with Crippen molar-refractivity contribution < 1.29 is 9.21 Å². The zero-order valence-electron chi connectivity index (χ0n) is 16.8. The second-order valence-electron chi connectivity index (χ2n) is 7.71. The van der Waals surface area contributed by atoms with Crippen molar-refractivity contribution in [2.45, 2.75) is 26.4 Å². The highest BCUT2D eigenvalue weighted by molar-refractivity contribution is 5.99. The summed E-state index contributed by atoms with van der Waals surface area (Å²) in [6.07, 6.45) is 3.38. The van der Waals surface area contributed by atoms with E-state index in [1.165, 1.54) is 0 Å². The number of aromatic nitrogens is 1. The van der Waals surface area contributed by atoms with Crippen LogP contribution in [0.5, 0.6) is 0 Å². The summed E-state index contributed by atoms with van der Waals surface area (Å²) in [6.45, 7) is 4.30. The van der Waals surface area contributed by atoms with E-state index in [9.17, 15) is 9.59 Å². The Kier molecular flexibility index (Phi) is 4.24. The van der Waals surface area contributed by atoms with Crippen LogP contribution in [0.15, 0.2) is 76.2 Å². The predicted octanol–water partition coefficient (Wildman–Crippen LogP) is 4.55. The van der Waals surface area contributed by atoms with Crippen LogP contribution in [0.1, 0.15) is 44.4 Å². The van der Waals surface area contributed by atoms with Crippen molar-refractivity contribution in [2.75, 3.05) is 0 Å². The monoisotopic (exact) mass is 396 g/mol. The highest BCUT2D eigenvalue weighted by Crippen LogP contribution is 2.39. The maximum atomic E-state index is 13.6. The molecular weight excluding hydrogens is 376 g/mol. The lowest BCUT2D eigenvalue weighted by Crippen LogP contribution is -2.29. The molecule has 0 bridgehead atoms. The number of carbonyl (C=O) groups is 1. The quantitative estimate of drug-likeness (QED) is 0.510. The Labute approximate surface area is 173 Å². The molecular formula is C25H20N2O3. The smallest absolute Gasteiger partial charge is 0.291 e. The van der Waals surface area contributed by atoms with Gasteiger partial charge in [0.2, 0.25) is 5.76 Å². The molecule has 0 N–H and O–H groups in total. The summed E-state index contributed by atoms with van der Waals surface area (Å²) in [4.78, 5) is 32.9. The van der Waals surface area contributed by atoms with Crippen molar-refractivity contribution in [1.82, 2.24) is 9.88 Å². The lowest BCUT2D eigenvalue weighted by molar-refractivity contribution is 0.0714. The number of hydrogen-bond acceptors (Lipinski definition) is 4. The van der Waals surface area contributed by atoms with Crippen molar-refractivity contribution in [3.63, 3.8) is 0 Å². The van der Waals surface area contributed by atoms with Crippen LogP contribution in [0.3, 0.4) is 0 Å². The second-order valence-corrected chi connectivity index (χ2v) is 7.71. The average molecular weight is 396 g/mol. The number of nitrogens with zero attached hydrogens (tertiary/aromatic N) is 2. The zero-order valence-corrected chi connectivity index (χ0v) is 16.8. The predicted molar refractivity (Wildman–Crippen MR) is 114 cm³/mol. The Morgan fingerprint density at radius 2 is 1.77 bits per heavy atom. The number of amides is 1. The van der Waals surface area contributed by atoms with Gasteiger partial charge in [0, 0.05) is 18.9 Å². The number of carbonyl (C=O) groups excluding carboxylic acids is 1. The van der Waals surface area contributed by atoms with E-state index in [0.717, 1.165) is 22.3 Å². The third-order valence-corrected chi connectivity index (χ3v) is 5.78. The summed E-state index contributed by atoms with van der Waals surface area (Å²) < 4.78 is 6.04. The molecule has 0 fully saturated rings. The molecule has 0 aliphatic carbocycles. The van der Waals surface area contributed by atoms with Crippen LogP contribution in [0.2, 0.25) is 0 Å². The van der Waals surface area contributed by atoms with Crippen molar-refractivity contribution in [3.8, 4) is 0 Å². The molecule has 4 aromatic rings. The molecule has 0 spiro atoms. The van der Waals surface area contributed by atoms with E-state index >= 15 is 0 Å². The van der Waals surface area contributed by atoms with Crippen molar-refractivity contribution in [3.05, 3.63) is 111 Å². The fourth-order valence-corrected chi connectivity index (χ4v) is 4.10. The molecule has 0 radical (unpaired) electrons. The van der Waals surface area contributed by atoms with Gasteiger partial charge in [-0.3, -0.25) is 14.6 Å². The van der Waals surface area contributed by atoms with Gasteiger partial charge in [-0.2, -0.15) is 0 Å². The van der Waals surface area contributed by atoms with Crippen LogP contribution in [-0.4, -0.2) is 15.8 Å². The molecule has 1 aliphatic heterocycles. The maximum absolute atomic E-state index is 13.6. The third-order valence-electron chi connectivity index (χ3n) is 5.78. The summed E-state index contributed by atoms with van der Waals surface area (Å²) >= 11 is 0. The molecule has 2 aromatic carbocycles. The molecule has 1 unspecified atom stereocenters. The minimum atomic E-state index is -0.538. The van der Waals surface area contributed by atoms with E-state index in [0.29, 0.717) is 23.1 Å². The minimum Gasteiger partial charge on any atom is -0.450 e. The van der Waals surface area contributed by atoms with E-state index < -0.39 is 6.04 Å². The topological polar surface area (TPSA) is 63.4 Å². The van der Waals surface area contributed by atoms with Crippen molar-refractivity contribution >= 4 is 16.9 Å². The van der Waals surface area contributed by atoms with Gasteiger partial charge in [0.1, 0.15) is 5.58 Å². The average Bonchev–Trinajstić information content (AvgIpc) is 3.03. The molecule has 1 aliphatic rings. The Morgan fingerprint density at radius 3 is 2.50 bits per heavy atom. The fraction of sp³-hybridized carbons (Fsp3) is 0.160. The number of hydrogen-bond donors (Lipinski definition) is 0. The third kappa shape index (κ3) is 2.82. The summed E-state index contributed by atoms with van der Waals surface area (Å²) in [5, 5.41) is 0.500. The summed E-state index contributed by atoms with van der Waals surface area (Å²) in [5.41, 5.74) is 4.47. The maximum Gasteiger partial charge on any atom is 0.291 e. The SMILES string of the molecule is Cc1cc2oc3c(c(=O)c2cc1C)C(c1cccnc1)N(Cc1ccccc1)C3=O. The number of rotatable bonds is 3. The van der Waals surface area contributed by atoms with Crippen LogP contribution in [0, 0.1) is 13.8 Å². The van der Waals surface area contributed by atoms with E-state index in [2.05, 4.69) is 4.98 Å². The summed E-state index contributed by atoms with van der Waals surface area (Å²) in [5.74, 6) is -0.152.